The molecule has 0 fully saturated rings. The van der Waals surface area contributed by atoms with E-state index in [0.717, 1.165) is 10.5 Å². The van der Waals surface area contributed by atoms with Gasteiger partial charge in [0.05, 0.1) is 11.1 Å². The molecule has 1 N–H and O–H groups in total. The minimum atomic E-state index is -1.14. The first-order valence-electron chi connectivity index (χ1n) is 5.85. The molecule has 0 spiro atoms. The molecule has 2 rings (SSSR count). The zero-order valence-electron chi connectivity index (χ0n) is 10.6. The first-order valence-corrected chi connectivity index (χ1v) is 6.64. The van der Waals surface area contributed by atoms with Crippen LogP contribution in [0.2, 0.25) is 0 Å². The molecule has 6 heteroatoms. The van der Waals surface area contributed by atoms with E-state index < -0.39 is 11.8 Å². The normalized spacial score (nSPS) is 9.95. The Morgan fingerprint density at radius 2 is 2.10 bits per heavy atom. The number of carbonyl (C=O) groups is 1. The summed E-state index contributed by atoms with van der Waals surface area (Å²) in [5.74, 6) is -1.39. The van der Waals surface area contributed by atoms with E-state index in [1.807, 2.05) is 6.07 Å². The van der Waals surface area contributed by atoms with Gasteiger partial charge in [-0.1, -0.05) is 15.9 Å². The van der Waals surface area contributed by atoms with Gasteiger partial charge in [-0.2, -0.15) is 5.26 Å². The Morgan fingerprint density at radius 3 is 2.76 bits per heavy atom. The maximum absolute atomic E-state index is 13.6. The summed E-state index contributed by atoms with van der Waals surface area (Å²) in [7, 11) is 0. The molecule has 2 aromatic rings. The highest BCUT2D eigenvalue weighted by atomic mass is 79.9. The summed E-state index contributed by atoms with van der Waals surface area (Å²) in [6.07, 6.45) is 0. The van der Waals surface area contributed by atoms with Gasteiger partial charge in [0.2, 0.25) is 0 Å². The second-order valence-corrected chi connectivity index (χ2v) is 5.07. The number of nitrogens with zero attached hydrogens (tertiary/aromatic N) is 1. The highest BCUT2D eigenvalue weighted by molar-refractivity contribution is 9.10. The molecule has 0 amide bonds. The molecule has 0 atom stereocenters. The molecular weight excluding hydrogens is 341 g/mol. The van der Waals surface area contributed by atoms with Crippen LogP contribution in [0.15, 0.2) is 40.9 Å². The van der Waals surface area contributed by atoms with Gasteiger partial charge in [0.15, 0.2) is 0 Å². The van der Waals surface area contributed by atoms with Gasteiger partial charge in [0, 0.05) is 10.0 Å². The molecule has 4 nitrogen and oxygen atoms in total. The Bertz CT molecular complexity index is 740. The lowest BCUT2D eigenvalue weighted by Crippen LogP contribution is -2.03. The quantitative estimate of drug-likeness (QED) is 0.912. The van der Waals surface area contributed by atoms with Gasteiger partial charge in [-0.05, 0) is 36.4 Å². The fourth-order valence-corrected chi connectivity index (χ4v) is 2.05. The predicted molar refractivity (Wildman–Crippen MR) is 76.5 cm³/mol. The Kier molecular flexibility index (Phi) is 4.55. The minimum absolute atomic E-state index is 0.0219. The topological polar surface area (TPSA) is 70.3 Å². The van der Waals surface area contributed by atoms with Crippen molar-refractivity contribution in [3.8, 4) is 11.8 Å². The van der Waals surface area contributed by atoms with Crippen molar-refractivity contribution in [2.24, 2.45) is 0 Å². The molecule has 106 valence electrons. The third kappa shape index (κ3) is 3.58. The lowest BCUT2D eigenvalue weighted by Gasteiger charge is -2.09. The first-order chi connectivity index (χ1) is 10.0. The van der Waals surface area contributed by atoms with Crippen LogP contribution in [0.3, 0.4) is 0 Å². The van der Waals surface area contributed by atoms with Crippen molar-refractivity contribution in [3.63, 3.8) is 0 Å². The van der Waals surface area contributed by atoms with E-state index in [-0.39, 0.29) is 17.7 Å². The van der Waals surface area contributed by atoms with Gasteiger partial charge < -0.3 is 9.84 Å². The van der Waals surface area contributed by atoms with E-state index in [9.17, 15) is 9.18 Å². The summed E-state index contributed by atoms with van der Waals surface area (Å²) in [4.78, 5) is 10.9. The van der Waals surface area contributed by atoms with Crippen molar-refractivity contribution in [1.82, 2.24) is 0 Å². The van der Waals surface area contributed by atoms with Gasteiger partial charge in [-0.15, -0.1) is 0 Å². The lowest BCUT2D eigenvalue weighted by molar-refractivity contribution is 0.0696. The van der Waals surface area contributed by atoms with Gasteiger partial charge in [0.25, 0.3) is 0 Å². The van der Waals surface area contributed by atoms with E-state index in [1.165, 1.54) is 12.1 Å². The Balaban J connectivity index is 2.22. The summed E-state index contributed by atoms with van der Waals surface area (Å²) in [5, 5.41) is 17.9. The zero-order chi connectivity index (χ0) is 15.4. The molecule has 0 aliphatic heterocycles. The van der Waals surface area contributed by atoms with Crippen molar-refractivity contribution >= 4 is 21.9 Å². The molecule has 0 heterocycles. The monoisotopic (exact) mass is 349 g/mol. The van der Waals surface area contributed by atoms with Crippen LogP contribution in [0.5, 0.6) is 5.75 Å². The molecule has 0 aliphatic carbocycles. The van der Waals surface area contributed by atoms with Crippen LogP contribution in [0, 0.1) is 17.1 Å². The van der Waals surface area contributed by atoms with E-state index in [0.29, 0.717) is 11.3 Å². The van der Waals surface area contributed by atoms with Crippen LogP contribution in [-0.4, -0.2) is 11.1 Å². The van der Waals surface area contributed by atoms with Gasteiger partial charge in [0.1, 0.15) is 24.2 Å². The molecule has 0 unspecified atom stereocenters. The molecule has 0 saturated heterocycles. The van der Waals surface area contributed by atoms with Crippen LogP contribution in [-0.2, 0) is 6.61 Å². The van der Waals surface area contributed by atoms with Crippen LogP contribution >= 0.6 is 15.9 Å². The largest absolute Gasteiger partial charge is 0.487 e. The fraction of sp³-hybridized carbons (Fsp3) is 0.0667. The third-order valence-corrected chi connectivity index (χ3v) is 3.23. The van der Waals surface area contributed by atoms with Crippen molar-refractivity contribution in [2.75, 3.05) is 0 Å². The number of ether oxygens (including phenoxy) is 1. The number of rotatable bonds is 4. The summed E-state index contributed by atoms with van der Waals surface area (Å²) in [6.45, 7) is -0.163. The van der Waals surface area contributed by atoms with Gasteiger partial charge in [-0.3, -0.25) is 0 Å². The minimum Gasteiger partial charge on any atom is -0.487 e. The number of hydrogen-bond donors (Lipinski definition) is 1. The number of carboxylic acids is 1. The number of hydrogen-bond acceptors (Lipinski definition) is 3. The maximum Gasteiger partial charge on any atom is 0.335 e. The van der Waals surface area contributed by atoms with Crippen molar-refractivity contribution < 1.29 is 19.0 Å². The number of aromatic carboxylic acids is 1. The molecule has 0 saturated carbocycles. The van der Waals surface area contributed by atoms with Crippen molar-refractivity contribution in [2.45, 2.75) is 6.61 Å². The fourth-order valence-electron chi connectivity index (χ4n) is 1.69. The first kappa shape index (κ1) is 15.0. The molecule has 0 aromatic heterocycles. The van der Waals surface area contributed by atoms with Crippen LogP contribution in [0.4, 0.5) is 4.39 Å². The predicted octanol–water partition coefficient (Wildman–Crippen LogP) is 3.74. The second kappa shape index (κ2) is 6.37. The third-order valence-electron chi connectivity index (χ3n) is 2.74. The molecule has 0 radical (unpaired) electrons. The Labute approximate surface area is 128 Å². The molecule has 0 bridgehead atoms. The molecule has 21 heavy (non-hydrogen) atoms. The van der Waals surface area contributed by atoms with E-state index in [4.69, 9.17) is 15.1 Å². The number of halogens is 2. The van der Waals surface area contributed by atoms with E-state index in [1.54, 1.807) is 18.2 Å². The molecule has 2 aromatic carbocycles. The molecular formula is C15H9BrFNO3. The van der Waals surface area contributed by atoms with Crippen molar-refractivity contribution in [3.05, 3.63) is 63.4 Å². The van der Waals surface area contributed by atoms with Gasteiger partial charge >= 0.3 is 5.97 Å². The second-order valence-electron chi connectivity index (χ2n) is 4.15. The smallest absolute Gasteiger partial charge is 0.335 e. The van der Waals surface area contributed by atoms with Crippen LogP contribution in [0.25, 0.3) is 0 Å². The summed E-state index contributed by atoms with van der Waals surface area (Å²) in [5.41, 5.74) is 0.396. The lowest BCUT2D eigenvalue weighted by atomic mass is 10.1. The zero-order valence-corrected chi connectivity index (χ0v) is 12.2. The van der Waals surface area contributed by atoms with Crippen molar-refractivity contribution in [1.29, 1.82) is 5.26 Å². The highest BCUT2D eigenvalue weighted by Crippen LogP contribution is 2.24. The summed E-state index contributed by atoms with van der Waals surface area (Å²) >= 11 is 3.24. The Hall–Kier alpha value is -2.39. The number of carboxylic acid groups (broad SMARTS) is 1. The standard InChI is InChI=1S/C15H9BrFNO3/c16-12-2-4-14(10(6-12)7-18)21-8-11-5-9(15(19)20)1-3-13(11)17/h1-6H,8H2,(H,19,20). The maximum atomic E-state index is 13.6. The number of nitriles is 1. The summed E-state index contributed by atoms with van der Waals surface area (Å²) in [6, 6.07) is 10.3. The van der Waals surface area contributed by atoms with Gasteiger partial charge in [-0.25, -0.2) is 9.18 Å². The molecule has 0 aliphatic rings. The van der Waals surface area contributed by atoms with E-state index in [2.05, 4.69) is 15.9 Å². The number of benzene rings is 2. The van der Waals surface area contributed by atoms with Crippen LogP contribution in [0.1, 0.15) is 21.5 Å². The Morgan fingerprint density at radius 1 is 1.33 bits per heavy atom. The van der Waals surface area contributed by atoms with E-state index >= 15 is 0 Å². The summed E-state index contributed by atoms with van der Waals surface area (Å²) < 4.78 is 19.8. The SMILES string of the molecule is N#Cc1cc(Br)ccc1OCc1cc(C(=O)O)ccc1F. The highest BCUT2D eigenvalue weighted by Gasteiger charge is 2.10. The average Bonchev–Trinajstić information content (AvgIpc) is 2.47. The average molecular weight is 350 g/mol. The van der Waals surface area contributed by atoms with Crippen LogP contribution < -0.4 is 4.74 Å².